The third kappa shape index (κ3) is 4.43. The minimum atomic E-state index is -0.990. The van der Waals surface area contributed by atoms with E-state index in [4.69, 9.17) is 9.84 Å². The number of para-hydroxylation sites is 1. The number of aromatic carboxylic acids is 1. The number of amidine groups is 1. The van der Waals surface area contributed by atoms with Gasteiger partial charge < -0.3 is 9.84 Å². The molecule has 2 aromatic rings. The smallest absolute Gasteiger partial charge is 0.335 e. The van der Waals surface area contributed by atoms with Gasteiger partial charge in [-0.25, -0.2) is 9.79 Å². The number of hydrogen-bond acceptors (Lipinski definition) is 5. The van der Waals surface area contributed by atoms with Gasteiger partial charge in [-0.2, -0.15) is 0 Å². The molecule has 1 fully saturated rings. The van der Waals surface area contributed by atoms with Crippen molar-refractivity contribution in [3.05, 3.63) is 64.6 Å². The summed E-state index contributed by atoms with van der Waals surface area (Å²) in [7, 11) is 1.67. The predicted octanol–water partition coefficient (Wildman–Crippen LogP) is 4.41. The molecule has 144 valence electrons. The number of aliphatic imine (C=N–C) groups is 1. The molecule has 0 spiro atoms. The van der Waals surface area contributed by atoms with E-state index in [0.717, 1.165) is 17.7 Å². The Morgan fingerprint density at radius 1 is 1.21 bits per heavy atom. The lowest BCUT2D eigenvalue weighted by molar-refractivity contribution is -0.121. The molecule has 0 atom stereocenters. The summed E-state index contributed by atoms with van der Waals surface area (Å²) >= 11 is 1.28. The summed E-state index contributed by atoms with van der Waals surface area (Å²) in [6, 6.07) is 13.8. The van der Waals surface area contributed by atoms with Crippen LogP contribution in [-0.4, -0.2) is 40.7 Å². The molecule has 28 heavy (non-hydrogen) atoms. The van der Waals surface area contributed by atoms with Gasteiger partial charge in [0, 0.05) is 12.6 Å². The minimum absolute atomic E-state index is 0.142. The molecule has 1 amide bonds. The second-order valence-corrected chi connectivity index (χ2v) is 7.12. The highest BCUT2D eigenvalue weighted by atomic mass is 32.2. The maximum Gasteiger partial charge on any atom is 0.335 e. The Bertz CT molecular complexity index is 951. The lowest BCUT2D eigenvalue weighted by Gasteiger charge is -2.08. The number of ether oxygens (including phenoxy) is 1. The van der Waals surface area contributed by atoms with Crippen LogP contribution in [0.1, 0.15) is 29.3 Å². The average molecular weight is 396 g/mol. The lowest BCUT2D eigenvalue weighted by atomic mass is 10.2. The molecule has 0 unspecified atom stereocenters. The predicted molar refractivity (Wildman–Crippen MR) is 111 cm³/mol. The number of carboxylic acids is 1. The number of carboxylic acid groups (broad SMARTS) is 1. The number of rotatable bonds is 6. The number of carbonyl (C=O) groups is 2. The first-order valence-electron chi connectivity index (χ1n) is 8.81. The van der Waals surface area contributed by atoms with Crippen LogP contribution in [0.25, 0.3) is 6.08 Å². The van der Waals surface area contributed by atoms with Crippen LogP contribution in [0.5, 0.6) is 5.75 Å². The molecule has 0 bridgehead atoms. The molecule has 2 aromatic carbocycles. The lowest BCUT2D eigenvalue weighted by Crippen LogP contribution is -2.23. The molecule has 7 heteroatoms. The van der Waals surface area contributed by atoms with Crippen molar-refractivity contribution < 1.29 is 19.4 Å². The van der Waals surface area contributed by atoms with Gasteiger partial charge in [-0.1, -0.05) is 25.1 Å². The van der Waals surface area contributed by atoms with Crippen LogP contribution in [0.3, 0.4) is 0 Å². The van der Waals surface area contributed by atoms with Crippen molar-refractivity contribution in [1.29, 1.82) is 0 Å². The van der Waals surface area contributed by atoms with Gasteiger partial charge in [0.1, 0.15) is 5.75 Å². The quantitative estimate of drug-likeness (QED) is 0.732. The zero-order valence-corrected chi connectivity index (χ0v) is 16.4. The first-order valence-corrected chi connectivity index (χ1v) is 9.62. The number of benzene rings is 2. The van der Waals surface area contributed by atoms with Gasteiger partial charge in [-0.05, 0) is 54.6 Å². The van der Waals surface area contributed by atoms with E-state index in [-0.39, 0.29) is 11.5 Å². The standard InChI is InChI=1S/C21H20N2O4S/c1-3-12-27-17-7-5-4-6-15(17)13-18-19(24)23(2)21(28-18)22-16-10-8-14(9-11-16)20(25)26/h4-11,13H,3,12H2,1-2H3,(H,25,26)/b18-13+,22-21?. The van der Waals surface area contributed by atoms with E-state index in [2.05, 4.69) is 4.99 Å². The maximum absolute atomic E-state index is 12.6. The van der Waals surface area contributed by atoms with Gasteiger partial charge in [0.25, 0.3) is 5.91 Å². The number of carbonyl (C=O) groups excluding carboxylic acids is 1. The third-order valence-electron chi connectivity index (χ3n) is 4.01. The van der Waals surface area contributed by atoms with Crippen molar-refractivity contribution >= 4 is 40.6 Å². The molecule has 0 aromatic heterocycles. The van der Waals surface area contributed by atoms with Crippen LogP contribution in [0.4, 0.5) is 5.69 Å². The van der Waals surface area contributed by atoms with E-state index in [1.165, 1.54) is 28.8 Å². The minimum Gasteiger partial charge on any atom is -0.493 e. The number of nitrogens with zero attached hydrogens (tertiary/aromatic N) is 2. The van der Waals surface area contributed by atoms with E-state index in [1.807, 2.05) is 37.3 Å². The summed E-state index contributed by atoms with van der Waals surface area (Å²) in [5, 5.41) is 9.51. The molecule has 0 saturated carbocycles. The summed E-state index contributed by atoms with van der Waals surface area (Å²) in [6.07, 6.45) is 2.71. The van der Waals surface area contributed by atoms with E-state index >= 15 is 0 Å². The summed E-state index contributed by atoms with van der Waals surface area (Å²) in [5.74, 6) is -0.394. The third-order valence-corrected chi connectivity index (χ3v) is 5.07. The van der Waals surface area contributed by atoms with Crippen LogP contribution in [0, 0.1) is 0 Å². The molecule has 1 aliphatic heterocycles. The van der Waals surface area contributed by atoms with Crippen LogP contribution in [0.15, 0.2) is 58.4 Å². The molecule has 1 N–H and O–H groups in total. The normalized spacial score (nSPS) is 16.8. The fraction of sp³-hybridized carbons (Fsp3) is 0.190. The van der Waals surface area contributed by atoms with Crippen molar-refractivity contribution in [1.82, 2.24) is 4.90 Å². The van der Waals surface area contributed by atoms with Gasteiger partial charge in [-0.3, -0.25) is 9.69 Å². The Labute approximate surface area is 167 Å². The number of likely N-dealkylation sites (N-methyl/N-ethyl adjacent to an activating group) is 1. The Hall–Kier alpha value is -3.06. The van der Waals surface area contributed by atoms with Crippen molar-refractivity contribution in [3.8, 4) is 5.75 Å². The average Bonchev–Trinajstić information content (AvgIpc) is 2.95. The second-order valence-electron chi connectivity index (χ2n) is 6.11. The molecule has 1 aliphatic rings. The Kier molecular flexibility index (Phi) is 6.16. The van der Waals surface area contributed by atoms with E-state index in [1.54, 1.807) is 19.2 Å². The monoisotopic (exact) mass is 396 g/mol. The van der Waals surface area contributed by atoms with Crippen molar-refractivity contribution in [2.45, 2.75) is 13.3 Å². The Morgan fingerprint density at radius 3 is 2.61 bits per heavy atom. The van der Waals surface area contributed by atoms with Gasteiger partial charge in [0.05, 0.1) is 22.8 Å². The highest BCUT2D eigenvalue weighted by Gasteiger charge is 2.30. The fourth-order valence-corrected chi connectivity index (χ4v) is 3.50. The van der Waals surface area contributed by atoms with Gasteiger partial charge >= 0.3 is 5.97 Å². The van der Waals surface area contributed by atoms with Crippen LogP contribution in [-0.2, 0) is 4.79 Å². The van der Waals surface area contributed by atoms with Crippen LogP contribution < -0.4 is 4.74 Å². The number of hydrogen-bond donors (Lipinski definition) is 1. The molecular weight excluding hydrogens is 376 g/mol. The first-order chi connectivity index (χ1) is 13.5. The number of amides is 1. The molecule has 6 nitrogen and oxygen atoms in total. The van der Waals surface area contributed by atoms with Gasteiger partial charge in [0.15, 0.2) is 5.17 Å². The highest BCUT2D eigenvalue weighted by molar-refractivity contribution is 8.18. The Balaban J connectivity index is 1.85. The maximum atomic E-state index is 12.6. The summed E-state index contributed by atoms with van der Waals surface area (Å²) in [6.45, 7) is 2.65. The fourth-order valence-electron chi connectivity index (χ4n) is 2.53. The largest absolute Gasteiger partial charge is 0.493 e. The van der Waals surface area contributed by atoms with E-state index in [9.17, 15) is 9.59 Å². The highest BCUT2D eigenvalue weighted by Crippen LogP contribution is 2.34. The summed E-state index contributed by atoms with van der Waals surface area (Å²) < 4.78 is 5.75. The molecule has 0 aliphatic carbocycles. The van der Waals surface area contributed by atoms with Crippen molar-refractivity contribution in [2.75, 3.05) is 13.7 Å². The number of thioether (sulfide) groups is 1. The van der Waals surface area contributed by atoms with E-state index < -0.39 is 5.97 Å². The van der Waals surface area contributed by atoms with Crippen LogP contribution >= 0.6 is 11.8 Å². The van der Waals surface area contributed by atoms with Crippen molar-refractivity contribution in [2.24, 2.45) is 4.99 Å². The second kappa shape index (κ2) is 8.75. The summed E-state index contributed by atoms with van der Waals surface area (Å²) in [4.78, 5) is 30.1. The zero-order chi connectivity index (χ0) is 20.1. The topological polar surface area (TPSA) is 79.2 Å². The van der Waals surface area contributed by atoms with Gasteiger partial charge in [0.2, 0.25) is 0 Å². The molecule has 1 saturated heterocycles. The zero-order valence-electron chi connectivity index (χ0n) is 15.6. The molecule has 3 rings (SSSR count). The van der Waals surface area contributed by atoms with Gasteiger partial charge in [-0.15, -0.1) is 0 Å². The summed E-state index contributed by atoms with van der Waals surface area (Å²) in [5.41, 5.74) is 1.61. The van der Waals surface area contributed by atoms with E-state index in [0.29, 0.717) is 22.4 Å². The van der Waals surface area contributed by atoms with Crippen molar-refractivity contribution in [3.63, 3.8) is 0 Å². The SMILES string of the molecule is CCCOc1ccccc1/C=C1/SC(=Nc2ccc(C(=O)O)cc2)N(C)C1=O. The Morgan fingerprint density at radius 2 is 1.93 bits per heavy atom. The first kappa shape index (κ1) is 19.7. The molecule has 0 radical (unpaired) electrons. The molecule has 1 heterocycles. The molecular formula is C21H20N2O4S. The van der Waals surface area contributed by atoms with Crippen LogP contribution in [0.2, 0.25) is 0 Å².